The van der Waals surface area contributed by atoms with E-state index in [1.807, 2.05) is 35.4 Å². The lowest BCUT2D eigenvalue weighted by Gasteiger charge is -2.34. The van der Waals surface area contributed by atoms with Gasteiger partial charge in [-0.2, -0.15) is 0 Å². The van der Waals surface area contributed by atoms with Gasteiger partial charge in [-0.25, -0.2) is 0 Å². The molecule has 96 valence electrons. The first-order valence-electron chi connectivity index (χ1n) is 6.12. The molecule has 1 amide bonds. The van der Waals surface area contributed by atoms with E-state index in [0.717, 1.165) is 10.0 Å². The minimum atomic E-state index is 0.106. The third kappa shape index (κ3) is 2.99. The van der Waals surface area contributed by atoms with Crippen LogP contribution in [-0.2, 0) is 11.3 Å². The molecule has 1 atom stereocenters. The molecule has 0 bridgehead atoms. The lowest BCUT2D eigenvalue weighted by molar-refractivity contribution is -0.132. The van der Waals surface area contributed by atoms with E-state index in [9.17, 15) is 4.79 Å². The maximum absolute atomic E-state index is 12.0. The van der Waals surface area contributed by atoms with Crippen molar-refractivity contribution in [2.45, 2.75) is 26.4 Å². The predicted molar refractivity (Wildman–Crippen MR) is 76.7 cm³/mol. The zero-order chi connectivity index (χ0) is 13.1. The molecular weight excluding hydrogens is 292 g/mol. The van der Waals surface area contributed by atoms with Crippen LogP contribution in [0, 0.1) is 5.92 Å². The Kier molecular flexibility index (Phi) is 4.17. The van der Waals surface area contributed by atoms with E-state index >= 15 is 0 Å². The average Bonchev–Trinajstić information content (AvgIpc) is 2.34. The highest BCUT2D eigenvalue weighted by Gasteiger charge is 2.27. The van der Waals surface area contributed by atoms with Gasteiger partial charge in [0, 0.05) is 17.2 Å². The van der Waals surface area contributed by atoms with Gasteiger partial charge in [0.25, 0.3) is 0 Å². The Morgan fingerprint density at radius 1 is 1.39 bits per heavy atom. The number of carbonyl (C=O) groups is 1. The second-order valence-corrected chi connectivity index (χ2v) is 5.79. The molecule has 0 aliphatic carbocycles. The predicted octanol–water partition coefficient (Wildman–Crippen LogP) is 2.89. The average molecular weight is 309 g/mol. The van der Waals surface area contributed by atoms with Gasteiger partial charge in [-0.3, -0.25) is 9.79 Å². The Hall–Kier alpha value is -1.16. The molecule has 3 nitrogen and oxygen atoms in total. The van der Waals surface area contributed by atoms with E-state index in [4.69, 9.17) is 0 Å². The number of rotatable bonds is 3. The van der Waals surface area contributed by atoms with Crippen LogP contribution in [-0.4, -0.2) is 29.6 Å². The number of halogens is 1. The molecule has 1 aliphatic rings. The van der Waals surface area contributed by atoms with Crippen molar-refractivity contribution in [2.24, 2.45) is 10.9 Å². The van der Waals surface area contributed by atoms with Crippen LogP contribution in [0.2, 0.25) is 0 Å². The van der Waals surface area contributed by atoms with Gasteiger partial charge in [0.15, 0.2) is 0 Å². The fraction of sp³-hybridized carbons (Fsp3) is 0.429. The summed E-state index contributed by atoms with van der Waals surface area (Å²) in [6.07, 6.45) is 1.91. The third-order valence-corrected chi connectivity index (χ3v) is 3.64. The van der Waals surface area contributed by atoms with Gasteiger partial charge in [-0.1, -0.05) is 41.9 Å². The quantitative estimate of drug-likeness (QED) is 0.845. The van der Waals surface area contributed by atoms with E-state index in [0.29, 0.717) is 12.5 Å². The third-order valence-electron chi connectivity index (χ3n) is 3.11. The van der Waals surface area contributed by atoms with Gasteiger partial charge in [-0.05, 0) is 23.6 Å². The minimum absolute atomic E-state index is 0.106. The minimum Gasteiger partial charge on any atom is -0.329 e. The molecule has 0 radical (unpaired) electrons. The van der Waals surface area contributed by atoms with Crippen LogP contribution >= 0.6 is 15.9 Å². The molecule has 0 spiro atoms. The van der Waals surface area contributed by atoms with E-state index in [2.05, 4.69) is 34.8 Å². The lowest BCUT2D eigenvalue weighted by Crippen LogP contribution is -2.47. The van der Waals surface area contributed by atoms with Crippen LogP contribution in [0.15, 0.2) is 33.7 Å². The van der Waals surface area contributed by atoms with Crippen LogP contribution in [0.3, 0.4) is 0 Å². The van der Waals surface area contributed by atoms with Gasteiger partial charge in [-0.15, -0.1) is 0 Å². The number of nitrogens with zero attached hydrogens (tertiary/aromatic N) is 2. The fourth-order valence-corrected chi connectivity index (χ4v) is 2.35. The van der Waals surface area contributed by atoms with Gasteiger partial charge in [0.05, 0.1) is 6.04 Å². The Morgan fingerprint density at radius 2 is 2.06 bits per heavy atom. The molecule has 0 fully saturated rings. The molecule has 1 aromatic carbocycles. The summed E-state index contributed by atoms with van der Waals surface area (Å²) < 4.78 is 1.05. The highest BCUT2D eigenvalue weighted by Crippen LogP contribution is 2.18. The summed E-state index contributed by atoms with van der Waals surface area (Å²) in [6.45, 7) is 5.16. The molecule has 1 heterocycles. The smallest absolute Gasteiger partial charge is 0.245 e. The number of benzene rings is 1. The highest BCUT2D eigenvalue weighted by atomic mass is 79.9. The summed E-state index contributed by atoms with van der Waals surface area (Å²) >= 11 is 3.42. The van der Waals surface area contributed by atoms with Crippen molar-refractivity contribution in [3.63, 3.8) is 0 Å². The van der Waals surface area contributed by atoms with Gasteiger partial charge < -0.3 is 4.90 Å². The molecule has 1 unspecified atom stereocenters. The summed E-state index contributed by atoms with van der Waals surface area (Å²) in [5.41, 5.74) is 1.15. The van der Waals surface area contributed by atoms with Crippen molar-refractivity contribution in [1.29, 1.82) is 0 Å². The van der Waals surface area contributed by atoms with Gasteiger partial charge in [0.1, 0.15) is 6.54 Å². The molecule has 0 aromatic heterocycles. The molecule has 0 N–H and O–H groups in total. The molecular formula is C14H17BrN2O. The van der Waals surface area contributed by atoms with Crippen molar-refractivity contribution >= 4 is 28.1 Å². The maximum atomic E-state index is 12.0. The molecule has 18 heavy (non-hydrogen) atoms. The molecule has 0 saturated heterocycles. The molecule has 2 rings (SSSR count). The zero-order valence-electron chi connectivity index (χ0n) is 10.6. The van der Waals surface area contributed by atoms with E-state index < -0.39 is 0 Å². The summed E-state index contributed by atoms with van der Waals surface area (Å²) in [5, 5.41) is 0. The monoisotopic (exact) mass is 308 g/mol. The topological polar surface area (TPSA) is 32.7 Å². The first-order chi connectivity index (χ1) is 8.58. The largest absolute Gasteiger partial charge is 0.329 e. The molecule has 4 heteroatoms. The number of amides is 1. The van der Waals surface area contributed by atoms with E-state index in [1.54, 1.807) is 0 Å². The fourth-order valence-electron chi connectivity index (χ4n) is 2.09. The molecule has 1 aliphatic heterocycles. The second-order valence-electron chi connectivity index (χ2n) is 4.87. The van der Waals surface area contributed by atoms with Crippen LogP contribution in [0.5, 0.6) is 0 Å². The number of carbonyl (C=O) groups excluding carboxylic acids is 1. The Labute approximate surface area is 116 Å². The number of hydrogen-bond acceptors (Lipinski definition) is 2. The SMILES string of the molecule is CC(C)C1C=NCC(=O)N1Cc1ccc(Br)cc1. The van der Waals surface area contributed by atoms with Crippen molar-refractivity contribution in [3.05, 3.63) is 34.3 Å². The first kappa shape index (κ1) is 13.3. The summed E-state index contributed by atoms with van der Waals surface area (Å²) in [4.78, 5) is 18.0. The summed E-state index contributed by atoms with van der Waals surface area (Å²) in [5.74, 6) is 0.493. The normalized spacial score (nSPS) is 19.7. The number of aliphatic imine (C=N–C) groups is 1. The van der Waals surface area contributed by atoms with Crippen molar-refractivity contribution in [3.8, 4) is 0 Å². The van der Waals surface area contributed by atoms with Crippen LogP contribution < -0.4 is 0 Å². The Bertz CT molecular complexity index is 453. The lowest BCUT2D eigenvalue weighted by atomic mass is 10.0. The van der Waals surface area contributed by atoms with Crippen molar-refractivity contribution in [2.75, 3.05) is 6.54 Å². The highest BCUT2D eigenvalue weighted by molar-refractivity contribution is 9.10. The number of hydrogen-bond donors (Lipinski definition) is 0. The van der Waals surface area contributed by atoms with Crippen LogP contribution in [0.1, 0.15) is 19.4 Å². The Morgan fingerprint density at radius 3 is 2.67 bits per heavy atom. The van der Waals surface area contributed by atoms with Crippen molar-refractivity contribution < 1.29 is 4.79 Å². The summed E-state index contributed by atoms with van der Waals surface area (Å²) in [6, 6.07) is 8.20. The Balaban J connectivity index is 2.17. The van der Waals surface area contributed by atoms with Crippen LogP contribution in [0.25, 0.3) is 0 Å². The van der Waals surface area contributed by atoms with Crippen LogP contribution in [0.4, 0.5) is 0 Å². The molecule has 0 saturated carbocycles. The van der Waals surface area contributed by atoms with Gasteiger partial charge >= 0.3 is 0 Å². The maximum Gasteiger partial charge on any atom is 0.245 e. The first-order valence-corrected chi connectivity index (χ1v) is 6.91. The zero-order valence-corrected chi connectivity index (χ0v) is 12.2. The molecule has 1 aromatic rings. The van der Waals surface area contributed by atoms with E-state index in [-0.39, 0.29) is 18.5 Å². The van der Waals surface area contributed by atoms with E-state index in [1.165, 1.54) is 0 Å². The van der Waals surface area contributed by atoms with Gasteiger partial charge in [0.2, 0.25) is 5.91 Å². The summed E-state index contributed by atoms with van der Waals surface area (Å²) in [7, 11) is 0. The van der Waals surface area contributed by atoms with Crippen molar-refractivity contribution in [1.82, 2.24) is 4.90 Å². The second kappa shape index (κ2) is 5.65. The standard InChI is InChI=1S/C14H17BrN2O/c1-10(2)13-7-16-8-14(18)17(13)9-11-3-5-12(15)6-4-11/h3-7,10,13H,8-9H2,1-2H3.